The van der Waals surface area contributed by atoms with Crippen LogP contribution >= 0.6 is 22.9 Å². The molecular weight excluding hydrogens is 359 g/mol. The highest BCUT2D eigenvalue weighted by Gasteiger charge is 2.23. The van der Waals surface area contributed by atoms with E-state index in [1.165, 1.54) is 22.6 Å². The van der Waals surface area contributed by atoms with Crippen LogP contribution in [0.1, 0.15) is 10.4 Å². The summed E-state index contributed by atoms with van der Waals surface area (Å²) in [6.07, 6.45) is 0. The molecule has 1 aromatic carbocycles. The Morgan fingerprint density at radius 2 is 1.64 bits per heavy atom. The van der Waals surface area contributed by atoms with Gasteiger partial charge in [0.25, 0.3) is 0 Å². The van der Waals surface area contributed by atoms with Crippen molar-refractivity contribution >= 4 is 44.7 Å². The standard InChI is InChI=1S/C18H18ClFN4S/c1-11-12(2)25-17-15(11)16(21-18(19)22-17)24-9-7-23(8-10-24)14-5-3-13(20)4-6-14/h3-6H,7-10H2,1-2H3. The van der Waals surface area contributed by atoms with Crippen LogP contribution in [0.25, 0.3) is 10.2 Å². The van der Waals surface area contributed by atoms with Gasteiger partial charge in [0.2, 0.25) is 5.28 Å². The Hall–Kier alpha value is -1.92. The molecule has 1 aliphatic rings. The predicted octanol–water partition coefficient (Wildman–Crippen LogP) is 4.43. The third-order valence-corrected chi connectivity index (χ3v) is 6.02. The van der Waals surface area contributed by atoms with E-state index in [4.69, 9.17) is 11.6 Å². The molecule has 25 heavy (non-hydrogen) atoms. The van der Waals surface area contributed by atoms with Crippen LogP contribution in [0.15, 0.2) is 24.3 Å². The lowest BCUT2D eigenvalue weighted by molar-refractivity contribution is 0.624. The highest BCUT2D eigenvalue weighted by atomic mass is 35.5. The number of halogens is 2. The van der Waals surface area contributed by atoms with Gasteiger partial charge in [-0.3, -0.25) is 0 Å². The number of thiophene rings is 1. The van der Waals surface area contributed by atoms with Crippen molar-refractivity contribution in [3.8, 4) is 0 Å². The van der Waals surface area contributed by atoms with Crippen molar-refractivity contribution in [3.63, 3.8) is 0 Å². The Morgan fingerprint density at radius 1 is 1.00 bits per heavy atom. The smallest absolute Gasteiger partial charge is 0.225 e. The Balaban J connectivity index is 1.60. The molecular formula is C18H18ClFN4S. The normalized spacial score (nSPS) is 15.2. The van der Waals surface area contributed by atoms with Gasteiger partial charge in [-0.15, -0.1) is 11.3 Å². The fourth-order valence-electron chi connectivity index (χ4n) is 3.26. The second kappa shape index (κ2) is 6.42. The highest BCUT2D eigenvalue weighted by Crippen LogP contribution is 2.36. The van der Waals surface area contributed by atoms with E-state index >= 15 is 0 Å². The first kappa shape index (κ1) is 16.5. The third-order valence-electron chi connectivity index (χ3n) is 4.75. The minimum absolute atomic E-state index is 0.205. The molecule has 4 rings (SSSR count). The van der Waals surface area contributed by atoms with E-state index in [1.807, 2.05) is 12.1 Å². The van der Waals surface area contributed by atoms with Crippen molar-refractivity contribution in [1.82, 2.24) is 9.97 Å². The molecule has 0 amide bonds. The predicted molar refractivity (Wildman–Crippen MR) is 103 cm³/mol. The number of hydrogen-bond acceptors (Lipinski definition) is 5. The van der Waals surface area contributed by atoms with E-state index in [1.54, 1.807) is 11.3 Å². The summed E-state index contributed by atoms with van der Waals surface area (Å²) in [6.45, 7) is 7.62. The van der Waals surface area contributed by atoms with E-state index in [2.05, 4.69) is 33.6 Å². The first-order valence-electron chi connectivity index (χ1n) is 8.21. The summed E-state index contributed by atoms with van der Waals surface area (Å²) < 4.78 is 13.1. The Kier molecular flexibility index (Phi) is 4.25. The van der Waals surface area contributed by atoms with Gasteiger partial charge in [-0.05, 0) is 55.3 Å². The van der Waals surface area contributed by atoms with Gasteiger partial charge in [0, 0.05) is 36.7 Å². The topological polar surface area (TPSA) is 32.3 Å². The summed E-state index contributed by atoms with van der Waals surface area (Å²) >= 11 is 7.82. The molecule has 130 valence electrons. The van der Waals surface area contributed by atoms with Gasteiger partial charge in [-0.25, -0.2) is 9.37 Å². The zero-order valence-corrected chi connectivity index (χ0v) is 15.7. The van der Waals surface area contributed by atoms with Crippen LogP contribution < -0.4 is 9.80 Å². The molecule has 0 atom stereocenters. The third kappa shape index (κ3) is 3.04. The monoisotopic (exact) mass is 376 g/mol. The van der Waals surface area contributed by atoms with Gasteiger partial charge in [0.15, 0.2) is 0 Å². The quantitative estimate of drug-likeness (QED) is 0.619. The number of piperazine rings is 1. The van der Waals surface area contributed by atoms with Gasteiger partial charge in [0.1, 0.15) is 16.5 Å². The molecule has 0 aliphatic carbocycles. The highest BCUT2D eigenvalue weighted by molar-refractivity contribution is 7.18. The van der Waals surface area contributed by atoms with Crippen molar-refractivity contribution < 1.29 is 4.39 Å². The summed E-state index contributed by atoms with van der Waals surface area (Å²) in [5.74, 6) is 0.722. The molecule has 4 nitrogen and oxygen atoms in total. The van der Waals surface area contributed by atoms with Crippen molar-refractivity contribution in [2.45, 2.75) is 13.8 Å². The lowest BCUT2D eigenvalue weighted by atomic mass is 10.2. The molecule has 1 aliphatic heterocycles. The lowest BCUT2D eigenvalue weighted by Crippen LogP contribution is -2.47. The number of hydrogen-bond donors (Lipinski definition) is 0. The number of aromatic nitrogens is 2. The Bertz CT molecular complexity index is 917. The van der Waals surface area contributed by atoms with Crippen LogP contribution in [0, 0.1) is 19.7 Å². The molecule has 3 heterocycles. The number of fused-ring (bicyclic) bond motifs is 1. The van der Waals surface area contributed by atoms with E-state index in [0.29, 0.717) is 5.28 Å². The maximum absolute atomic E-state index is 13.1. The second-order valence-corrected chi connectivity index (χ2v) is 7.77. The molecule has 0 N–H and O–H groups in total. The first-order chi connectivity index (χ1) is 12.0. The number of nitrogens with zero attached hydrogens (tertiary/aromatic N) is 4. The number of rotatable bonds is 2. The average molecular weight is 377 g/mol. The first-order valence-corrected chi connectivity index (χ1v) is 9.41. The molecule has 3 aromatic rings. The lowest BCUT2D eigenvalue weighted by Gasteiger charge is -2.37. The van der Waals surface area contributed by atoms with Gasteiger partial charge in [-0.2, -0.15) is 4.98 Å². The summed E-state index contributed by atoms with van der Waals surface area (Å²) in [6, 6.07) is 6.67. The molecule has 0 saturated carbocycles. The van der Waals surface area contributed by atoms with Crippen LogP contribution in [0.4, 0.5) is 15.9 Å². The van der Waals surface area contributed by atoms with E-state index in [0.717, 1.165) is 47.9 Å². The summed E-state index contributed by atoms with van der Waals surface area (Å²) in [7, 11) is 0. The van der Waals surface area contributed by atoms with Crippen molar-refractivity contribution in [3.05, 3.63) is 45.8 Å². The number of aryl methyl sites for hydroxylation is 2. The van der Waals surface area contributed by atoms with Crippen LogP contribution in [-0.2, 0) is 0 Å². The fraction of sp³-hybridized carbons (Fsp3) is 0.333. The molecule has 2 aromatic heterocycles. The second-order valence-electron chi connectivity index (χ2n) is 6.23. The Morgan fingerprint density at radius 3 is 2.32 bits per heavy atom. The van der Waals surface area contributed by atoms with Crippen molar-refractivity contribution in [1.29, 1.82) is 0 Å². The van der Waals surface area contributed by atoms with Gasteiger partial charge >= 0.3 is 0 Å². The van der Waals surface area contributed by atoms with Gasteiger partial charge in [0.05, 0.1) is 5.39 Å². The zero-order valence-electron chi connectivity index (χ0n) is 14.1. The van der Waals surface area contributed by atoms with Crippen LogP contribution in [0.2, 0.25) is 5.28 Å². The minimum Gasteiger partial charge on any atom is -0.368 e. The molecule has 0 spiro atoms. The maximum atomic E-state index is 13.1. The van der Waals surface area contributed by atoms with Crippen molar-refractivity contribution in [2.75, 3.05) is 36.0 Å². The molecule has 7 heteroatoms. The van der Waals surface area contributed by atoms with Gasteiger partial charge < -0.3 is 9.80 Å². The molecule has 1 saturated heterocycles. The number of anilines is 2. The summed E-state index contributed by atoms with van der Waals surface area (Å²) in [5.41, 5.74) is 2.28. The zero-order chi connectivity index (χ0) is 17.6. The van der Waals surface area contributed by atoms with E-state index in [-0.39, 0.29) is 5.82 Å². The van der Waals surface area contributed by atoms with E-state index in [9.17, 15) is 4.39 Å². The Labute approximate surface area is 154 Å². The molecule has 0 unspecified atom stereocenters. The number of benzene rings is 1. The van der Waals surface area contributed by atoms with Crippen LogP contribution in [-0.4, -0.2) is 36.1 Å². The van der Waals surface area contributed by atoms with Crippen LogP contribution in [0.3, 0.4) is 0 Å². The fourth-order valence-corrected chi connectivity index (χ4v) is 4.50. The van der Waals surface area contributed by atoms with Gasteiger partial charge in [-0.1, -0.05) is 0 Å². The average Bonchev–Trinajstić information content (AvgIpc) is 2.89. The summed E-state index contributed by atoms with van der Waals surface area (Å²) in [5, 5.41) is 1.41. The minimum atomic E-state index is -0.205. The van der Waals surface area contributed by atoms with Crippen molar-refractivity contribution in [2.24, 2.45) is 0 Å². The molecule has 0 bridgehead atoms. The molecule has 1 fully saturated rings. The largest absolute Gasteiger partial charge is 0.368 e. The van der Waals surface area contributed by atoms with E-state index < -0.39 is 0 Å². The molecule has 0 radical (unpaired) electrons. The SMILES string of the molecule is Cc1sc2nc(Cl)nc(N3CCN(c4ccc(F)cc4)CC3)c2c1C. The summed E-state index contributed by atoms with van der Waals surface area (Å²) in [4.78, 5) is 15.6. The van der Waals surface area contributed by atoms with Crippen LogP contribution in [0.5, 0.6) is 0 Å². The maximum Gasteiger partial charge on any atom is 0.225 e.